The van der Waals surface area contributed by atoms with Crippen molar-refractivity contribution in [3.63, 3.8) is 0 Å². The first kappa shape index (κ1) is 23.0. The van der Waals surface area contributed by atoms with Gasteiger partial charge in [0.2, 0.25) is 0 Å². The molecule has 4 aromatic rings. The predicted octanol–water partition coefficient (Wildman–Crippen LogP) is 3.19. The van der Waals surface area contributed by atoms with E-state index in [0.717, 1.165) is 35.1 Å². The number of nitrogens with zero attached hydrogens (tertiary/aromatic N) is 3. The Kier molecular flexibility index (Phi) is 6.27. The summed E-state index contributed by atoms with van der Waals surface area (Å²) in [6, 6.07) is 9.77. The molecule has 11 heteroatoms. The Morgan fingerprint density at radius 1 is 1.15 bits per heavy atom. The minimum absolute atomic E-state index is 0.0267. The number of aromatic hydroxyl groups is 1. The van der Waals surface area contributed by atoms with Crippen molar-refractivity contribution >= 4 is 35.6 Å². The van der Waals surface area contributed by atoms with Gasteiger partial charge >= 0.3 is 7.82 Å². The van der Waals surface area contributed by atoms with E-state index in [2.05, 4.69) is 11.9 Å². The number of rotatable bonds is 8. The van der Waals surface area contributed by atoms with Crippen LogP contribution in [0.25, 0.3) is 21.9 Å². The number of phosphoric acid groups is 1. The molecular formula is C22H26N5O5P. The molecule has 0 spiro atoms. The second-order valence-electron chi connectivity index (χ2n) is 7.84. The highest BCUT2D eigenvalue weighted by Crippen LogP contribution is 2.41. The molecule has 0 saturated carbocycles. The van der Waals surface area contributed by atoms with Gasteiger partial charge in [0.05, 0.1) is 17.6 Å². The molecule has 2 aromatic heterocycles. The van der Waals surface area contributed by atoms with Gasteiger partial charge in [-0.3, -0.25) is 9.79 Å². The van der Waals surface area contributed by atoms with Gasteiger partial charge in [0.15, 0.2) is 5.82 Å². The Hall–Kier alpha value is -3.17. The Bertz CT molecular complexity index is 1380. The van der Waals surface area contributed by atoms with Gasteiger partial charge in [-0.2, -0.15) is 0 Å². The fourth-order valence-corrected chi connectivity index (χ4v) is 4.34. The first-order valence-electron chi connectivity index (χ1n) is 10.5. The van der Waals surface area contributed by atoms with Gasteiger partial charge in [0.25, 0.3) is 0 Å². The Balaban J connectivity index is 1.96. The minimum atomic E-state index is -4.80. The first-order valence-corrected chi connectivity index (χ1v) is 12.1. The van der Waals surface area contributed by atoms with Crippen LogP contribution < -0.4 is 16.0 Å². The van der Waals surface area contributed by atoms with E-state index in [0.29, 0.717) is 29.6 Å². The maximum absolute atomic E-state index is 11.5. The second kappa shape index (κ2) is 8.99. The van der Waals surface area contributed by atoms with Crippen molar-refractivity contribution in [1.29, 1.82) is 0 Å². The van der Waals surface area contributed by atoms with E-state index in [1.165, 1.54) is 18.2 Å². The molecule has 174 valence electrons. The molecular weight excluding hydrogens is 445 g/mol. The number of phenols is 1. The maximum atomic E-state index is 11.5. The van der Waals surface area contributed by atoms with Crippen molar-refractivity contribution < 1.29 is 24.0 Å². The van der Waals surface area contributed by atoms with E-state index in [-0.39, 0.29) is 23.9 Å². The van der Waals surface area contributed by atoms with Crippen molar-refractivity contribution in [1.82, 2.24) is 14.5 Å². The summed E-state index contributed by atoms with van der Waals surface area (Å²) in [6.45, 7) is 2.59. The predicted molar refractivity (Wildman–Crippen MR) is 126 cm³/mol. The van der Waals surface area contributed by atoms with Gasteiger partial charge in [-0.15, -0.1) is 0 Å². The number of phenolic OH excluding ortho intramolecular Hbond substituents is 1. The number of anilines is 1. The van der Waals surface area contributed by atoms with E-state index >= 15 is 0 Å². The molecule has 0 bridgehead atoms. The fourth-order valence-electron chi connectivity index (χ4n) is 3.90. The van der Waals surface area contributed by atoms with E-state index in [4.69, 9.17) is 21.0 Å². The maximum Gasteiger partial charge on any atom is 0.524 e. The molecule has 0 saturated heterocycles. The number of aryl methyl sites for hydroxylation is 1. The quantitative estimate of drug-likeness (QED) is 0.242. The van der Waals surface area contributed by atoms with Gasteiger partial charge < -0.3 is 25.7 Å². The van der Waals surface area contributed by atoms with Crippen LogP contribution in [-0.4, -0.2) is 29.4 Å². The number of hydrogen-bond donors (Lipinski definition) is 5. The lowest BCUT2D eigenvalue weighted by atomic mass is 10.1. The fraction of sp³-hybridized carbons (Fsp3) is 0.273. The number of unbranched alkanes of at least 4 members (excludes halogenated alkanes) is 1. The number of pyridine rings is 1. The van der Waals surface area contributed by atoms with Crippen LogP contribution in [0, 0.1) is 0 Å². The summed E-state index contributed by atoms with van der Waals surface area (Å²) in [7, 11) is -4.80. The monoisotopic (exact) mass is 471 g/mol. The molecule has 0 unspecified atom stereocenters. The topological polar surface area (TPSA) is 170 Å². The summed E-state index contributed by atoms with van der Waals surface area (Å²) >= 11 is 0. The van der Waals surface area contributed by atoms with Crippen molar-refractivity contribution in [3.05, 3.63) is 53.3 Å². The van der Waals surface area contributed by atoms with Crippen LogP contribution in [0.3, 0.4) is 0 Å². The van der Waals surface area contributed by atoms with Crippen LogP contribution in [0.5, 0.6) is 11.5 Å². The largest absolute Gasteiger partial charge is 0.524 e. The van der Waals surface area contributed by atoms with Gasteiger partial charge in [0.1, 0.15) is 22.8 Å². The molecule has 0 aliphatic rings. The zero-order valence-electron chi connectivity index (χ0n) is 18.1. The summed E-state index contributed by atoms with van der Waals surface area (Å²) in [5.74, 6) is 0.953. The summed E-state index contributed by atoms with van der Waals surface area (Å²) in [4.78, 5) is 27.9. The van der Waals surface area contributed by atoms with E-state index in [9.17, 15) is 19.5 Å². The van der Waals surface area contributed by atoms with E-state index < -0.39 is 7.82 Å². The first-order chi connectivity index (χ1) is 15.7. The van der Waals surface area contributed by atoms with Crippen LogP contribution in [0.15, 0.2) is 36.4 Å². The molecule has 2 aromatic carbocycles. The summed E-state index contributed by atoms with van der Waals surface area (Å²) in [6.07, 6.45) is 2.51. The summed E-state index contributed by atoms with van der Waals surface area (Å²) < 4.78 is 18.3. The third kappa shape index (κ3) is 4.79. The van der Waals surface area contributed by atoms with Crippen molar-refractivity contribution in [2.75, 3.05) is 5.73 Å². The summed E-state index contributed by atoms with van der Waals surface area (Å²) in [5.41, 5.74) is 15.3. The average molecular weight is 471 g/mol. The molecule has 0 aliphatic carbocycles. The van der Waals surface area contributed by atoms with Gasteiger partial charge in [-0.05, 0) is 36.2 Å². The zero-order chi connectivity index (χ0) is 23.8. The van der Waals surface area contributed by atoms with Crippen LogP contribution >= 0.6 is 7.82 Å². The third-order valence-electron chi connectivity index (χ3n) is 5.43. The number of benzene rings is 2. The highest BCUT2D eigenvalue weighted by molar-refractivity contribution is 7.46. The number of hydrogen-bond acceptors (Lipinski definition) is 7. The van der Waals surface area contributed by atoms with Crippen molar-refractivity contribution in [3.8, 4) is 11.5 Å². The zero-order valence-corrected chi connectivity index (χ0v) is 19.0. The Morgan fingerprint density at radius 3 is 2.64 bits per heavy atom. The van der Waals surface area contributed by atoms with Gasteiger partial charge in [0, 0.05) is 23.9 Å². The number of nitrogen functional groups attached to an aromatic ring is 1. The smallest absolute Gasteiger partial charge is 0.508 e. The van der Waals surface area contributed by atoms with E-state index in [1.54, 1.807) is 0 Å². The Morgan fingerprint density at radius 2 is 1.94 bits per heavy atom. The molecule has 4 rings (SSSR count). The number of phosphoric ester groups is 1. The highest BCUT2D eigenvalue weighted by Gasteiger charge is 2.22. The van der Waals surface area contributed by atoms with Crippen molar-refractivity contribution in [2.45, 2.75) is 39.3 Å². The second-order valence-corrected chi connectivity index (χ2v) is 9.01. The van der Waals surface area contributed by atoms with Crippen LogP contribution in [0.2, 0.25) is 0 Å². The number of imidazole rings is 1. The summed E-state index contributed by atoms with van der Waals surface area (Å²) in [5, 5.41) is 10.9. The Labute approximate surface area is 190 Å². The molecule has 2 heterocycles. The van der Waals surface area contributed by atoms with Crippen LogP contribution in [-0.2, 0) is 24.1 Å². The third-order valence-corrected chi connectivity index (χ3v) is 5.86. The SMILES string of the molecule is CCCCc1nc2c(N)nc3cc(CN)ccc3c2n1Cc1cc(O)ccc1OP(=O)(O)O. The molecule has 0 aliphatic heterocycles. The standard InChI is InChI=1S/C22H26N5O5P/c1-2-3-4-19-26-20-21(16-7-5-13(11-23)9-17(16)25-22(20)24)27(19)12-14-10-15(28)6-8-18(14)32-33(29,30)31/h5-10,28H,2-4,11-12,23H2,1H3,(H2,24,25)(H2,29,30,31). The molecule has 10 nitrogen and oxygen atoms in total. The highest BCUT2D eigenvalue weighted by atomic mass is 31.2. The lowest BCUT2D eigenvalue weighted by Crippen LogP contribution is -2.07. The molecule has 0 fully saturated rings. The molecule has 0 radical (unpaired) electrons. The molecule has 0 amide bonds. The molecule has 33 heavy (non-hydrogen) atoms. The number of nitrogens with two attached hydrogens (primary N) is 2. The normalized spacial score (nSPS) is 12.0. The van der Waals surface area contributed by atoms with Crippen LogP contribution in [0.1, 0.15) is 36.7 Å². The molecule has 7 N–H and O–H groups in total. The number of aromatic nitrogens is 3. The minimum Gasteiger partial charge on any atom is -0.508 e. The van der Waals surface area contributed by atoms with Gasteiger partial charge in [-0.25, -0.2) is 14.5 Å². The molecule has 0 atom stereocenters. The van der Waals surface area contributed by atoms with Crippen LogP contribution in [0.4, 0.5) is 5.82 Å². The van der Waals surface area contributed by atoms with Crippen molar-refractivity contribution in [2.24, 2.45) is 5.73 Å². The average Bonchev–Trinajstić information content (AvgIpc) is 3.12. The van der Waals surface area contributed by atoms with Gasteiger partial charge in [-0.1, -0.05) is 25.5 Å². The number of fused-ring (bicyclic) bond motifs is 3. The van der Waals surface area contributed by atoms with E-state index in [1.807, 2.05) is 22.8 Å². The lowest BCUT2D eigenvalue weighted by molar-refractivity contribution is 0.282. The lowest BCUT2D eigenvalue weighted by Gasteiger charge is -2.15.